The Kier molecular flexibility index (Phi) is 1.77. The largest absolute Gasteiger partial charge is 0.506 e. The summed E-state index contributed by atoms with van der Waals surface area (Å²) in [7, 11) is 0. The summed E-state index contributed by atoms with van der Waals surface area (Å²) in [5.41, 5.74) is 0.216. The number of phenolic OH excluding ortho intramolecular Hbond substituents is 1. The fraction of sp³-hybridized carbons (Fsp3) is 0.125. The second-order valence-corrected chi connectivity index (χ2v) is 2.18. The molecule has 0 saturated carbocycles. The van der Waals surface area contributed by atoms with Gasteiger partial charge >= 0.3 is 0 Å². The first-order valence-corrected chi connectivity index (χ1v) is 3.05. The lowest BCUT2D eigenvalue weighted by Crippen LogP contribution is -1.85. The molecule has 3 heteroatoms. The Labute approximate surface area is 63.5 Å². The Balaban J connectivity index is 3.40. The first kappa shape index (κ1) is 7.55. The summed E-state index contributed by atoms with van der Waals surface area (Å²) in [6.07, 6.45) is 0. The molecule has 1 aromatic rings. The number of halogens is 1. The first-order chi connectivity index (χ1) is 5.16. The molecule has 0 amide bonds. The van der Waals surface area contributed by atoms with Gasteiger partial charge in [0.15, 0.2) is 0 Å². The van der Waals surface area contributed by atoms with Crippen LogP contribution in [0.15, 0.2) is 12.1 Å². The number of hydrogen-bond acceptors (Lipinski definition) is 2. The van der Waals surface area contributed by atoms with E-state index in [0.29, 0.717) is 0 Å². The van der Waals surface area contributed by atoms with Crippen LogP contribution in [0.1, 0.15) is 11.1 Å². The number of hydrogen-bond donors (Lipinski definition) is 1. The fourth-order valence-corrected chi connectivity index (χ4v) is 0.766. The van der Waals surface area contributed by atoms with Crippen molar-refractivity contribution in [2.45, 2.75) is 6.92 Å². The molecule has 0 unspecified atom stereocenters. The van der Waals surface area contributed by atoms with E-state index in [-0.39, 0.29) is 16.9 Å². The average Bonchev–Trinajstić information content (AvgIpc) is 2.01. The van der Waals surface area contributed by atoms with E-state index in [0.717, 1.165) is 6.07 Å². The number of nitriles is 1. The van der Waals surface area contributed by atoms with E-state index >= 15 is 0 Å². The summed E-state index contributed by atoms with van der Waals surface area (Å²) in [5, 5.41) is 17.5. The van der Waals surface area contributed by atoms with Crippen molar-refractivity contribution in [2.24, 2.45) is 0 Å². The predicted octanol–water partition coefficient (Wildman–Crippen LogP) is 1.71. The van der Waals surface area contributed by atoms with E-state index in [1.807, 2.05) is 0 Å². The third kappa shape index (κ3) is 1.15. The molecule has 0 atom stereocenters. The number of phenols is 1. The lowest BCUT2D eigenvalue weighted by atomic mass is 10.1. The summed E-state index contributed by atoms with van der Waals surface area (Å²) in [6.45, 7) is 1.42. The van der Waals surface area contributed by atoms with E-state index in [1.165, 1.54) is 13.0 Å². The number of nitrogens with zero attached hydrogens (tertiary/aromatic N) is 1. The van der Waals surface area contributed by atoms with Crippen LogP contribution in [-0.4, -0.2) is 5.11 Å². The van der Waals surface area contributed by atoms with Crippen LogP contribution in [0, 0.1) is 24.1 Å². The maximum atomic E-state index is 12.6. The summed E-state index contributed by atoms with van der Waals surface area (Å²) >= 11 is 0. The van der Waals surface area contributed by atoms with Gasteiger partial charge < -0.3 is 5.11 Å². The van der Waals surface area contributed by atoms with Gasteiger partial charge in [0.2, 0.25) is 0 Å². The monoisotopic (exact) mass is 151 g/mol. The van der Waals surface area contributed by atoms with Gasteiger partial charge in [-0.2, -0.15) is 5.26 Å². The summed E-state index contributed by atoms with van der Waals surface area (Å²) in [4.78, 5) is 0. The number of rotatable bonds is 0. The zero-order chi connectivity index (χ0) is 8.43. The van der Waals surface area contributed by atoms with Crippen LogP contribution < -0.4 is 0 Å². The molecule has 56 valence electrons. The molecule has 0 saturated heterocycles. The van der Waals surface area contributed by atoms with Gasteiger partial charge in [0.25, 0.3) is 0 Å². The highest BCUT2D eigenvalue weighted by atomic mass is 19.1. The zero-order valence-electron chi connectivity index (χ0n) is 5.93. The minimum Gasteiger partial charge on any atom is -0.506 e. The molecule has 1 N–H and O–H groups in total. The molecule has 0 heterocycles. The highest BCUT2D eigenvalue weighted by Crippen LogP contribution is 2.22. The molecular weight excluding hydrogens is 145 g/mol. The van der Waals surface area contributed by atoms with Gasteiger partial charge in [0.1, 0.15) is 17.6 Å². The van der Waals surface area contributed by atoms with Gasteiger partial charge in [-0.05, 0) is 19.1 Å². The van der Waals surface area contributed by atoms with E-state index in [4.69, 9.17) is 10.4 Å². The Hall–Kier alpha value is -1.56. The lowest BCUT2D eigenvalue weighted by Gasteiger charge is -2.00. The summed E-state index contributed by atoms with van der Waals surface area (Å²) in [6, 6.07) is 4.15. The van der Waals surface area contributed by atoms with Gasteiger partial charge in [-0.15, -0.1) is 0 Å². The van der Waals surface area contributed by atoms with Gasteiger partial charge in [-0.25, -0.2) is 4.39 Å². The van der Waals surface area contributed by atoms with Crippen molar-refractivity contribution < 1.29 is 9.50 Å². The van der Waals surface area contributed by atoms with Gasteiger partial charge in [0.05, 0.1) is 5.56 Å². The van der Waals surface area contributed by atoms with Crippen LogP contribution >= 0.6 is 0 Å². The molecule has 1 aromatic carbocycles. The van der Waals surface area contributed by atoms with Crippen molar-refractivity contribution in [2.75, 3.05) is 0 Å². The Bertz CT molecular complexity index is 328. The molecule has 2 nitrogen and oxygen atoms in total. The molecule has 0 radical (unpaired) electrons. The second-order valence-electron chi connectivity index (χ2n) is 2.18. The van der Waals surface area contributed by atoms with Crippen LogP contribution in [0.2, 0.25) is 0 Å². The Morgan fingerprint density at radius 2 is 2.18 bits per heavy atom. The maximum Gasteiger partial charge on any atom is 0.139 e. The topological polar surface area (TPSA) is 44.0 Å². The average molecular weight is 151 g/mol. The van der Waals surface area contributed by atoms with Crippen LogP contribution in [0.3, 0.4) is 0 Å². The quantitative estimate of drug-likeness (QED) is 0.613. The normalized spacial score (nSPS) is 9.18. The molecule has 0 bridgehead atoms. The molecular formula is C8H6FNO. The standard InChI is InChI=1S/C8H6FNO/c1-5-7(9)3-2-6(4-10)8(5)11/h2-3,11H,1H3. The number of aromatic hydroxyl groups is 1. The highest BCUT2D eigenvalue weighted by molar-refractivity contribution is 5.47. The van der Waals surface area contributed by atoms with Crippen molar-refractivity contribution in [1.82, 2.24) is 0 Å². The minimum absolute atomic E-state index is 0.101. The minimum atomic E-state index is -0.499. The third-order valence-corrected chi connectivity index (χ3v) is 1.49. The SMILES string of the molecule is Cc1c(F)ccc(C#N)c1O. The van der Waals surface area contributed by atoms with Crippen molar-refractivity contribution in [3.05, 3.63) is 29.1 Å². The van der Waals surface area contributed by atoms with Crippen molar-refractivity contribution in [3.63, 3.8) is 0 Å². The smallest absolute Gasteiger partial charge is 0.139 e. The van der Waals surface area contributed by atoms with E-state index in [2.05, 4.69) is 0 Å². The van der Waals surface area contributed by atoms with Crippen LogP contribution in [0.5, 0.6) is 5.75 Å². The van der Waals surface area contributed by atoms with E-state index in [9.17, 15) is 4.39 Å². The highest BCUT2D eigenvalue weighted by Gasteiger charge is 2.06. The molecule has 1 rings (SSSR count). The van der Waals surface area contributed by atoms with E-state index < -0.39 is 5.82 Å². The molecule has 0 fully saturated rings. The van der Waals surface area contributed by atoms with Crippen LogP contribution in [0.25, 0.3) is 0 Å². The summed E-state index contributed by atoms with van der Waals surface area (Å²) in [5.74, 6) is -0.769. The number of benzene rings is 1. The van der Waals surface area contributed by atoms with Gasteiger partial charge in [0, 0.05) is 5.56 Å². The molecule has 0 aliphatic heterocycles. The molecule has 0 aliphatic rings. The van der Waals surface area contributed by atoms with Crippen molar-refractivity contribution in [1.29, 1.82) is 5.26 Å². The zero-order valence-corrected chi connectivity index (χ0v) is 5.93. The van der Waals surface area contributed by atoms with Crippen molar-refractivity contribution >= 4 is 0 Å². The predicted molar refractivity (Wildman–Crippen MR) is 37.5 cm³/mol. The van der Waals surface area contributed by atoms with Crippen molar-refractivity contribution in [3.8, 4) is 11.8 Å². The molecule has 0 aliphatic carbocycles. The summed E-state index contributed by atoms with van der Waals surface area (Å²) < 4.78 is 12.6. The maximum absolute atomic E-state index is 12.6. The van der Waals surface area contributed by atoms with Gasteiger partial charge in [-0.3, -0.25) is 0 Å². The molecule has 11 heavy (non-hydrogen) atoms. The van der Waals surface area contributed by atoms with Gasteiger partial charge in [-0.1, -0.05) is 0 Å². The lowest BCUT2D eigenvalue weighted by molar-refractivity contribution is 0.461. The molecule has 0 aromatic heterocycles. The Morgan fingerprint density at radius 3 is 2.73 bits per heavy atom. The first-order valence-electron chi connectivity index (χ1n) is 3.05. The third-order valence-electron chi connectivity index (χ3n) is 1.49. The molecule has 0 spiro atoms. The van der Waals surface area contributed by atoms with Crippen LogP contribution in [0.4, 0.5) is 4.39 Å². The van der Waals surface area contributed by atoms with Crippen LogP contribution in [-0.2, 0) is 0 Å². The fourth-order valence-electron chi connectivity index (χ4n) is 0.766. The Morgan fingerprint density at radius 1 is 1.55 bits per heavy atom. The second kappa shape index (κ2) is 2.59. The van der Waals surface area contributed by atoms with E-state index in [1.54, 1.807) is 6.07 Å².